The molecule has 1 amide bonds. The van der Waals surface area contributed by atoms with Gasteiger partial charge in [0.2, 0.25) is 0 Å². The van der Waals surface area contributed by atoms with Crippen molar-refractivity contribution in [1.82, 2.24) is 5.32 Å². The lowest BCUT2D eigenvalue weighted by Crippen LogP contribution is -2.31. The number of ether oxygens (including phenoxy) is 1. The van der Waals surface area contributed by atoms with Gasteiger partial charge in [-0.15, -0.1) is 0 Å². The van der Waals surface area contributed by atoms with Crippen LogP contribution in [0.1, 0.15) is 19.3 Å². The van der Waals surface area contributed by atoms with Crippen LogP contribution in [0.3, 0.4) is 0 Å². The van der Waals surface area contributed by atoms with Crippen molar-refractivity contribution in [2.75, 3.05) is 19.8 Å². The van der Waals surface area contributed by atoms with Gasteiger partial charge in [-0.05, 0) is 25.2 Å². The minimum Gasteiger partial charge on any atom is -0.474 e. The molecule has 0 radical (unpaired) electrons. The van der Waals surface area contributed by atoms with Gasteiger partial charge in [-0.25, -0.2) is 4.79 Å². The first kappa shape index (κ1) is 11.0. The fourth-order valence-corrected chi connectivity index (χ4v) is 0.986. The number of carboxylic acids is 1. The number of hydrogen-bond donors (Lipinski definition) is 2. The summed E-state index contributed by atoms with van der Waals surface area (Å²) in [6, 6.07) is 0. The average molecular weight is 201 g/mol. The molecule has 80 valence electrons. The van der Waals surface area contributed by atoms with E-state index in [4.69, 9.17) is 9.84 Å². The van der Waals surface area contributed by atoms with E-state index in [0.717, 1.165) is 12.5 Å². The van der Waals surface area contributed by atoms with Gasteiger partial charge >= 0.3 is 11.9 Å². The third-order valence-electron chi connectivity index (χ3n) is 2.00. The standard InChI is InChI=1S/C9H15NO4/c11-8(9(12)13)10-4-1-5-14-6-7-2-3-7/h7H,1-6H2,(H,10,11)(H,12,13). The summed E-state index contributed by atoms with van der Waals surface area (Å²) in [6.07, 6.45) is 3.18. The van der Waals surface area contributed by atoms with E-state index in [1.807, 2.05) is 0 Å². The zero-order valence-corrected chi connectivity index (χ0v) is 7.99. The number of aliphatic carboxylic acids is 1. The maximum atomic E-state index is 10.5. The van der Waals surface area contributed by atoms with Crippen LogP contribution in [-0.2, 0) is 14.3 Å². The Balaban J connectivity index is 1.83. The maximum Gasteiger partial charge on any atom is 0.394 e. The first-order valence-electron chi connectivity index (χ1n) is 4.79. The predicted molar refractivity (Wildman–Crippen MR) is 48.8 cm³/mol. The van der Waals surface area contributed by atoms with Crippen LogP contribution in [0.5, 0.6) is 0 Å². The maximum absolute atomic E-state index is 10.5. The molecule has 1 aliphatic rings. The molecule has 0 spiro atoms. The smallest absolute Gasteiger partial charge is 0.394 e. The highest BCUT2D eigenvalue weighted by atomic mass is 16.5. The summed E-state index contributed by atoms with van der Waals surface area (Å²) < 4.78 is 5.30. The second-order valence-corrected chi connectivity index (χ2v) is 3.43. The largest absolute Gasteiger partial charge is 0.474 e. The summed E-state index contributed by atoms with van der Waals surface area (Å²) in [5.74, 6) is -1.65. The van der Waals surface area contributed by atoms with E-state index >= 15 is 0 Å². The van der Waals surface area contributed by atoms with Crippen molar-refractivity contribution in [3.63, 3.8) is 0 Å². The van der Waals surface area contributed by atoms with Gasteiger partial charge in [-0.2, -0.15) is 0 Å². The van der Waals surface area contributed by atoms with E-state index in [2.05, 4.69) is 5.32 Å². The van der Waals surface area contributed by atoms with Crippen LogP contribution in [0.2, 0.25) is 0 Å². The molecule has 1 aliphatic carbocycles. The van der Waals surface area contributed by atoms with Gasteiger partial charge in [0.1, 0.15) is 0 Å². The molecule has 2 N–H and O–H groups in total. The Morgan fingerprint density at radius 2 is 2.14 bits per heavy atom. The van der Waals surface area contributed by atoms with Gasteiger partial charge < -0.3 is 15.2 Å². The highest BCUT2D eigenvalue weighted by molar-refractivity contribution is 6.31. The van der Waals surface area contributed by atoms with Crippen LogP contribution in [0, 0.1) is 5.92 Å². The Morgan fingerprint density at radius 3 is 2.71 bits per heavy atom. The van der Waals surface area contributed by atoms with E-state index in [0.29, 0.717) is 19.6 Å². The van der Waals surface area contributed by atoms with Gasteiger partial charge in [0, 0.05) is 19.8 Å². The molecule has 0 saturated heterocycles. The van der Waals surface area contributed by atoms with E-state index in [1.165, 1.54) is 12.8 Å². The molecule has 0 unspecified atom stereocenters. The van der Waals surface area contributed by atoms with E-state index in [-0.39, 0.29) is 0 Å². The van der Waals surface area contributed by atoms with Crippen LogP contribution in [0.4, 0.5) is 0 Å². The molecule has 0 aliphatic heterocycles. The lowest BCUT2D eigenvalue weighted by Gasteiger charge is -2.03. The molecular weight excluding hydrogens is 186 g/mol. The topological polar surface area (TPSA) is 75.6 Å². The zero-order valence-electron chi connectivity index (χ0n) is 7.99. The molecule has 5 nitrogen and oxygen atoms in total. The minimum atomic E-state index is -1.44. The monoisotopic (exact) mass is 201 g/mol. The fraction of sp³-hybridized carbons (Fsp3) is 0.778. The summed E-state index contributed by atoms with van der Waals surface area (Å²) in [5, 5.41) is 10.5. The molecule has 0 heterocycles. The number of carboxylic acid groups (broad SMARTS) is 1. The van der Waals surface area contributed by atoms with Gasteiger partial charge in [-0.1, -0.05) is 0 Å². The first-order chi connectivity index (χ1) is 6.70. The molecule has 14 heavy (non-hydrogen) atoms. The second kappa shape index (κ2) is 5.59. The van der Waals surface area contributed by atoms with Gasteiger partial charge in [0.05, 0.1) is 0 Å². The molecule has 0 atom stereocenters. The molecule has 1 rings (SSSR count). The van der Waals surface area contributed by atoms with Crippen LogP contribution in [-0.4, -0.2) is 36.7 Å². The number of hydrogen-bond acceptors (Lipinski definition) is 3. The Labute approximate surface area is 82.4 Å². The van der Waals surface area contributed by atoms with Crippen LogP contribution in [0.15, 0.2) is 0 Å². The van der Waals surface area contributed by atoms with E-state index in [9.17, 15) is 9.59 Å². The molecule has 0 aromatic rings. The van der Waals surface area contributed by atoms with E-state index < -0.39 is 11.9 Å². The van der Waals surface area contributed by atoms with Crippen molar-refractivity contribution in [3.8, 4) is 0 Å². The predicted octanol–water partition coefficient (Wildman–Crippen LogP) is 0.00390. The third-order valence-corrected chi connectivity index (χ3v) is 2.00. The van der Waals surface area contributed by atoms with Crippen molar-refractivity contribution >= 4 is 11.9 Å². The third kappa shape index (κ3) is 4.81. The highest BCUT2D eigenvalue weighted by Gasteiger charge is 2.20. The molecule has 1 fully saturated rings. The van der Waals surface area contributed by atoms with Gasteiger partial charge in [0.15, 0.2) is 0 Å². The highest BCUT2D eigenvalue weighted by Crippen LogP contribution is 2.28. The van der Waals surface area contributed by atoms with Crippen molar-refractivity contribution in [2.45, 2.75) is 19.3 Å². The quantitative estimate of drug-likeness (QED) is 0.468. The summed E-state index contributed by atoms with van der Waals surface area (Å²) in [4.78, 5) is 20.6. The van der Waals surface area contributed by atoms with Crippen LogP contribution < -0.4 is 5.32 Å². The van der Waals surface area contributed by atoms with Crippen molar-refractivity contribution in [1.29, 1.82) is 0 Å². The Hall–Kier alpha value is -1.10. The van der Waals surface area contributed by atoms with E-state index in [1.54, 1.807) is 0 Å². The van der Waals surface area contributed by atoms with Crippen molar-refractivity contribution in [2.24, 2.45) is 5.92 Å². The summed E-state index contributed by atoms with van der Waals surface area (Å²) >= 11 is 0. The number of amides is 1. The fourth-order valence-electron chi connectivity index (χ4n) is 0.986. The number of rotatable bonds is 6. The lowest BCUT2D eigenvalue weighted by molar-refractivity contribution is -0.150. The second-order valence-electron chi connectivity index (χ2n) is 3.43. The summed E-state index contributed by atoms with van der Waals surface area (Å²) in [6.45, 7) is 1.74. The molecule has 1 saturated carbocycles. The Bertz CT molecular complexity index is 213. The van der Waals surface area contributed by atoms with Crippen LogP contribution in [0.25, 0.3) is 0 Å². The Kier molecular flexibility index (Phi) is 4.39. The number of nitrogens with one attached hydrogen (secondary N) is 1. The average Bonchev–Trinajstić information content (AvgIpc) is 2.94. The molecule has 0 aromatic carbocycles. The minimum absolute atomic E-state index is 0.357. The molecular formula is C9H15NO4. The normalized spacial score (nSPS) is 15.1. The summed E-state index contributed by atoms with van der Waals surface area (Å²) in [5.41, 5.74) is 0. The van der Waals surface area contributed by atoms with Crippen molar-refractivity contribution < 1.29 is 19.4 Å². The number of carbonyl (C=O) groups excluding carboxylic acids is 1. The zero-order chi connectivity index (χ0) is 10.4. The molecule has 5 heteroatoms. The molecule has 0 bridgehead atoms. The SMILES string of the molecule is O=C(O)C(=O)NCCCOCC1CC1. The van der Waals surface area contributed by atoms with Crippen molar-refractivity contribution in [3.05, 3.63) is 0 Å². The number of carbonyl (C=O) groups is 2. The van der Waals surface area contributed by atoms with Crippen LogP contribution >= 0.6 is 0 Å². The Morgan fingerprint density at radius 1 is 1.43 bits per heavy atom. The summed E-state index contributed by atoms with van der Waals surface area (Å²) in [7, 11) is 0. The first-order valence-corrected chi connectivity index (χ1v) is 4.79. The van der Waals surface area contributed by atoms with Gasteiger partial charge in [-0.3, -0.25) is 4.79 Å². The molecule has 0 aromatic heterocycles. The lowest BCUT2D eigenvalue weighted by atomic mass is 10.4. The van der Waals surface area contributed by atoms with Gasteiger partial charge in [0.25, 0.3) is 0 Å².